The summed E-state index contributed by atoms with van der Waals surface area (Å²) >= 11 is 0. The summed E-state index contributed by atoms with van der Waals surface area (Å²) in [5, 5.41) is 0. The minimum Gasteiger partial charge on any atom is -0.331 e. The Hall–Kier alpha value is -2.87. The van der Waals surface area contributed by atoms with Crippen molar-refractivity contribution in [3.8, 4) is 11.1 Å². The number of amides is 1. The molecular formula is C24H23NO. The molecule has 2 atom stereocenters. The molecule has 130 valence electrons. The molecule has 0 bridgehead atoms. The van der Waals surface area contributed by atoms with E-state index in [1.807, 2.05) is 36.1 Å². The zero-order valence-electron chi connectivity index (χ0n) is 15.0. The highest BCUT2D eigenvalue weighted by molar-refractivity contribution is 5.81. The van der Waals surface area contributed by atoms with Gasteiger partial charge in [-0.3, -0.25) is 4.79 Å². The molecule has 0 aliphatic carbocycles. The Kier molecular flexibility index (Phi) is 4.57. The minimum absolute atomic E-state index is 0.0810. The van der Waals surface area contributed by atoms with Gasteiger partial charge in [-0.2, -0.15) is 0 Å². The largest absolute Gasteiger partial charge is 0.331 e. The van der Waals surface area contributed by atoms with Crippen LogP contribution in [0.15, 0.2) is 84.9 Å². The van der Waals surface area contributed by atoms with Crippen LogP contribution in [0.25, 0.3) is 11.1 Å². The number of rotatable bonds is 4. The lowest BCUT2D eigenvalue weighted by atomic mass is 9.97. The molecule has 1 saturated heterocycles. The summed E-state index contributed by atoms with van der Waals surface area (Å²) in [6.45, 7) is 2.72. The smallest absolute Gasteiger partial charge is 0.226 e. The molecule has 1 heterocycles. The first-order valence-corrected chi connectivity index (χ1v) is 9.22. The fraction of sp³-hybridized carbons (Fsp3) is 0.208. The van der Waals surface area contributed by atoms with Crippen molar-refractivity contribution in [2.24, 2.45) is 5.92 Å². The van der Waals surface area contributed by atoms with E-state index in [0.29, 0.717) is 6.54 Å². The fourth-order valence-corrected chi connectivity index (χ4v) is 3.81. The predicted molar refractivity (Wildman–Crippen MR) is 105 cm³/mol. The third-order valence-corrected chi connectivity index (χ3v) is 5.26. The first-order chi connectivity index (χ1) is 12.7. The summed E-state index contributed by atoms with van der Waals surface area (Å²) in [5.74, 6) is 0.337. The van der Waals surface area contributed by atoms with E-state index >= 15 is 0 Å². The number of benzene rings is 3. The van der Waals surface area contributed by atoms with Crippen LogP contribution in [-0.4, -0.2) is 10.8 Å². The second-order valence-corrected chi connectivity index (χ2v) is 7.09. The van der Waals surface area contributed by atoms with Crippen molar-refractivity contribution in [2.45, 2.75) is 25.9 Å². The van der Waals surface area contributed by atoms with Gasteiger partial charge in [0.25, 0.3) is 0 Å². The van der Waals surface area contributed by atoms with Crippen molar-refractivity contribution in [3.05, 3.63) is 96.1 Å². The maximum absolute atomic E-state index is 12.7. The van der Waals surface area contributed by atoms with Crippen molar-refractivity contribution >= 4 is 5.91 Å². The van der Waals surface area contributed by atoms with Gasteiger partial charge in [0.05, 0.1) is 6.04 Å². The highest BCUT2D eigenvalue weighted by Crippen LogP contribution is 2.38. The molecule has 1 aliphatic rings. The topological polar surface area (TPSA) is 20.3 Å². The molecule has 3 aromatic rings. The number of likely N-dealkylation sites (tertiary alicyclic amines) is 1. The number of nitrogens with zero attached hydrogens (tertiary/aromatic N) is 1. The third-order valence-electron chi connectivity index (χ3n) is 5.26. The van der Waals surface area contributed by atoms with E-state index in [9.17, 15) is 4.79 Å². The second kappa shape index (κ2) is 7.17. The summed E-state index contributed by atoms with van der Waals surface area (Å²) in [7, 11) is 0. The van der Waals surface area contributed by atoms with Gasteiger partial charge >= 0.3 is 0 Å². The van der Waals surface area contributed by atoms with Crippen LogP contribution in [0, 0.1) is 5.92 Å². The SMILES string of the molecule is C[C@H]1CC(c2ccc(-c3ccccc3)cc2)N(Cc2ccccc2)C1=O. The molecule has 0 radical (unpaired) electrons. The van der Waals surface area contributed by atoms with Crippen molar-refractivity contribution in [1.29, 1.82) is 0 Å². The molecule has 3 aromatic carbocycles. The lowest BCUT2D eigenvalue weighted by molar-refractivity contribution is -0.132. The van der Waals surface area contributed by atoms with Crippen LogP contribution < -0.4 is 0 Å². The predicted octanol–water partition coefficient (Wildman–Crippen LogP) is 5.46. The molecule has 1 fully saturated rings. The van der Waals surface area contributed by atoms with Gasteiger partial charge in [0.15, 0.2) is 0 Å². The zero-order chi connectivity index (χ0) is 17.9. The maximum atomic E-state index is 12.7. The van der Waals surface area contributed by atoms with Gasteiger partial charge in [-0.05, 0) is 28.7 Å². The Labute approximate surface area is 155 Å². The molecule has 26 heavy (non-hydrogen) atoms. The van der Waals surface area contributed by atoms with E-state index < -0.39 is 0 Å². The first kappa shape index (κ1) is 16.6. The molecule has 4 rings (SSSR count). The molecule has 0 spiro atoms. The average Bonchev–Trinajstić information content (AvgIpc) is 2.98. The summed E-state index contributed by atoms with van der Waals surface area (Å²) in [6.07, 6.45) is 0.885. The lowest BCUT2D eigenvalue weighted by Crippen LogP contribution is -2.28. The fourth-order valence-electron chi connectivity index (χ4n) is 3.81. The van der Waals surface area contributed by atoms with Crippen LogP contribution in [0.4, 0.5) is 0 Å². The number of hydrogen-bond acceptors (Lipinski definition) is 1. The van der Waals surface area contributed by atoms with Gasteiger partial charge in [0, 0.05) is 12.5 Å². The van der Waals surface area contributed by atoms with Crippen molar-refractivity contribution in [2.75, 3.05) is 0 Å². The lowest BCUT2D eigenvalue weighted by Gasteiger charge is -2.25. The highest BCUT2D eigenvalue weighted by atomic mass is 16.2. The van der Waals surface area contributed by atoms with E-state index in [2.05, 4.69) is 60.7 Å². The maximum Gasteiger partial charge on any atom is 0.226 e. The highest BCUT2D eigenvalue weighted by Gasteiger charge is 2.37. The van der Waals surface area contributed by atoms with Crippen LogP contribution in [0.3, 0.4) is 0 Å². The van der Waals surface area contributed by atoms with Gasteiger partial charge in [0.2, 0.25) is 5.91 Å². The Morgan fingerprint density at radius 1 is 0.808 bits per heavy atom. The van der Waals surface area contributed by atoms with Crippen LogP contribution in [0.5, 0.6) is 0 Å². The minimum atomic E-state index is 0.0810. The van der Waals surface area contributed by atoms with E-state index in [1.165, 1.54) is 22.3 Å². The van der Waals surface area contributed by atoms with E-state index in [0.717, 1.165) is 6.42 Å². The Morgan fingerprint density at radius 2 is 1.38 bits per heavy atom. The quantitative estimate of drug-likeness (QED) is 0.617. The number of carbonyl (C=O) groups is 1. The van der Waals surface area contributed by atoms with Crippen LogP contribution in [-0.2, 0) is 11.3 Å². The van der Waals surface area contributed by atoms with Crippen LogP contribution >= 0.6 is 0 Å². The van der Waals surface area contributed by atoms with Gasteiger partial charge in [-0.1, -0.05) is 91.9 Å². The zero-order valence-corrected chi connectivity index (χ0v) is 15.0. The van der Waals surface area contributed by atoms with Crippen LogP contribution in [0.1, 0.15) is 30.5 Å². The molecule has 1 amide bonds. The van der Waals surface area contributed by atoms with Gasteiger partial charge in [-0.25, -0.2) is 0 Å². The van der Waals surface area contributed by atoms with Gasteiger partial charge in [0.1, 0.15) is 0 Å². The Balaban J connectivity index is 1.59. The monoisotopic (exact) mass is 341 g/mol. The molecule has 2 nitrogen and oxygen atoms in total. The number of carbonyl (C=O) groups excluding carboxylic acids is 1. The van der Waals surface area contributed by atoms with Gasteiger partial charge in [-0.15, -0.1) is 0 Å². The van der Waals surface area contributed by atoms with Crippen molar-refractivity contribution < 1.29 is 4.79 Å². The molecular weight excluding hydrogens is 318 g/mol. The van der Waals surface area contributed by atoms with E-state index in [4.69, 9.17) is 0 Å². The van der Waals surface area contributed by atoms with E-state index in [-0.39, 0.29) is 17.9 Å². The van der Waals surface area contributed by atoms with E-state index in [1.54, 1.807) is 0 Å². The summed E-state index contributed by atoms with van der Waals surface area (Å²) < 4.78 is 0. The third kappa shape index (κ3) is 3.28. The van der Waals surface area contributed by atoms with Gasteiger partial charge < -0.3 is 4.90 Å². The Morgan fingerprint density at radius 3 is 2.04 bits per heavy atom. The molecule has 1 aliphatic heterocycles. The average molecular weight is 341 g/mol. The Bertz CT molecular complexity index is 871. The normalized spacial score (nSPS) is 19.7. The summed E-state index contributed by atoms with van der Waals surface area (Å²) in [5.41, 5.74) is 4.83. The van der Waals surface area contributed by atoms with Crippen molar-refractivity contribution in [1.82, 2.24) is 4.90 Å². The first-order valence-electron chi connectivity index (χ1n) is 9.22. The number of hydrogen-bond donors (Lipinski definition) is 0. The summed E-state index contributed by atoms with van der Waals surface area (Å²) in [6, 6.07) is 29.5. The second-order valence-electron chi connectivity index (χ2n) is 7.09. The van der Waals surface area contributed by atoms with Crippen LogP contribution in [0.2, 0.25) is 0 Å². The molecule has 0 N–H and O–H groups in total. The molecule has 0 aromatic heterocycles. The standard InChI is InChI=1S/C24H23NO/c1-18-16-23(25(24(18)26)17-19-8-4-2-5-9-19)22-14-12-21(13-15-22)20-10-6-3-7-11-20/h2-15,18,23H,16-17H2,1H3/t18-,23?/m0/s1. The molecule has 2 heteroatoms. The molecule has 1 unspecified atom stereocenters. The van der Waals surface area contributed by atoms with Crippen molar-refractivity contribution in [3.63, 3.8) is 0 Å². The summed E-state index contributed by atoms with van der Waals surface area (Å²) in [4.78, 5) is 14.7. The molecule has 0 saturated carbocycles.